The number of thioether (sulfide) groups is 1. The number of alkyl halides is 1. The van der Waals surface area contributed by atoms with E-state index < -0.39 is 0 Å². The van der Waals surface area contributed by atoms with Crippen molar-refractivity contribution in [2.45, 2.75) is 18.6 Å². The van der Waals surface area contributed by atoms with Gasteiger partial charge in [-0.1, -0.05) is 5.16 Å². The Balaban J connectivity index is 2.41. The number of nitrogens with zero attached hydrogens (tertiary/aromatic N) is 2. The first-order chi connectivity index (χ1) is 5.86. The summed E-state index contributed by atoms with van der Waals surface area (Å²) in [4.78, 5) is 4.18. The van der Waals surface area contributed by atoms with Gasteiger partial charge in [-0.05, 0) is 12.7 Å². The van der Waals surface area contributed by atoms with E-state index >= 15 is 0 Å². The molecule has 68 valence electrons. The van der Waals surface area contributed by atoms with E-state index in [9.17, 15) is 0 Å². The van der Waals surface area contributed by atoms with Crippen LogP contribution in [0.15, 0.2) is 4.52 Å². The average molecular weight is 207 g/mol. The molecule has 5 heteroatoms. The fourth-order valence-electron chi connectivity index (χ4n) is 0.797. The van der Waals surface area contributed by atoms with Crippen molar-refractivity contribution in [2.75, 3.05) is 12.1 Å². The van der Waals surface area contributed by atoms with E-state index in [2.05, 4.69) is 10.1 Å². The predicted molar refractivity (Wildman–Crippen MR) is 50.6 cm³/mol. The molecule has 1 aromatic rings. The monoisotopic (exact) mass is 206 g/mol. The summed E-state index contributed by atoms with van der Waals surface area (Å²) >= 11 is 7.21. The van der Waals surface area contributed by atoms with Crippen LogP contribution in [0.2, 0.25) is 0 Å². The van der Waals surface area contributed by atoms with Crippen molar-refractivity contribution in [3.63, 3.8) is 0 Å². The van der Waals surface area contributed by atoms with Gasteiger partial charge in [-0.3, -0.25) is 0 Å². The van der Waals surface area contributed by atoms with E-state index in [-0.39, 0.29) is 0 Å². The molecule has 1 heterocycles. The van der Waals surface area contributed by atoms with Crippen LogP contribution in [0.3, 0.4) is 0 Å². The molecule has 0 aliphatic carbocycles. The van der Waals surface area contributed by atoms with Gasteiger partial charge in [0, 0.05) is 12.3 Å². The van der Waals surface area contributed by atoms with Crippen molar-refractivity contribution in [1.29, 1.82) is 0 Å². The van der Waals surface area contributed by atoms with Gasteiger partial charge in [-0.2, -0.15) is 16.7 Å². The van der Waals surface area contributed by atoms with Gasteiger partial charge >= 0.3 is 0 Å². The Labute approximate surface area is 80.9 Å². The van der Waals surface area contributed by atoms with Crippen LogP contribution >= 0.6 is 23.4 Å². The van der Waals surface area contributed by atoms with Crippen molar-refractivity contribution in [2.24, 2.45) is 0 Å². The minimum Gasteiger partial charge on any atom is -0.339 e. The molecule has 0 amide bonds. The summed E-state index contributed by atoms with van der Waals surface area (Å²) in [7, 11) is 0. The maximum Gasteiger partial charge on any atom is 0.226 e. The molecule has 3 nitrogen and oxygen atoms in total. The molecular formula is C7H11ClN2OS. The first-order valence-electron chi connectivity index (χ1n) is 3.73. The molecule has 0 saturated heterocycles. The zero-order valence-electron chi connectivity index (χ0n) is 6.92. The molecule has 0 aliphatic heterocycles. The van der Waals surface area contributed by atoms with Gasteiger partial charge in [0.25, 0.3) is 0 Å². The maximum atomic E-state index is 5.53. The number of aromatic nitrogens is 2. The SMILES string of the molecule is CSCc1noc(CCCCl)n1. The molecule has 0 radical (unpaired) electrons. The summed E-state index contributed by atoms with van der Waals surface area (Å²) in [5, 5.41) is 3.81. The lowest BCUT2D eigenvalue weighted by Crippen LogP contribution is -1.87. The van der Waals surface area contributed by atoms with Crippen LogP contribution in [0, 0.1) is 0 Å². The van der Waals surface area contributed by atoms with Gasteiger partial charge in [0.2, 0.25) is 5.89 Å². The Hall–Kier alpha value is -0.220. The van der Waals surface area contributed by atoms with Crippen LogP contribution in [0.4, 0.5) is 0 Å². The number of hydrogen-bond donors (Lipinski definition) is 0. The number of aryl methyl sites for hydroxylation is 1. The summed E-state index contributed by atoms with van der Waals surface area (Å²) in [6.07, 6.45) is 3.68. The zero-order valence-corrected chi connectivity index (χ0v) is 8.49. The smallest absolute Gasteiger partial charge is 0.226 e. The van der Waals surface area contributed by atoms with Crippen LogP contribution in [0.1, 0.15) is 18.1 Å². The molecule has 0 unspecified atom stereocenters. The summed E-state index contributed by atoms with van der Waals surface area (Å²) in [5.41, 5.74) is 0. The molecule has 0 atom stereocenters. The third kappa shape index (κ3) is 3.03. The van der Waals surface area contributed by atoms with Gasteiger partial charge in [-0.15, -0.1) is 11.6 Å². The van der Waals surface area contributed by atoms with Crippen LogP contribution in [0.25, 0.3) is 0 Å². The molecule has 1 aromatic heterocycles. The third-order valence-corrected chi connectivity index (χ3v) is 2.12. The van der Waals surface area contributed by atoms with E-state index in [1.54, 1.807) is 11.8 Å². The quantitative estimate of drug-likeness (QED) is 0.692. The van der Waals surface area contributed by atoms with E-state index in [0.29, 0.717) is 11.8 Å². The minimum absolute atomic E-state index is 0.639. The Morgan fingerprint density at radius 1 is 1.58 bits per heavy atom. The molecule has 0 saturated carbocycles. The summed E-state index contributed by atoms with van der Waals surface area (Å²) in [5.74, 6) is 2.91. The lowest BCUT2D eigenvalue weighted by Gasteiger charge is -1.87. The van der Waals surface area contributed by atoms with Crippen LogP contribution in [0.5, 0.6) is 0 Å². The molecule has 1 rings (SSSR count). The molecule has 12 heavy (non-hydrogen) atoms. The summed E-state index contributed by atoms with van der Waals surface area (Å²) in [6, 6.07) is 0. The van der Waals surface area contributed by atoms with Gasteiger partial charge < -0.3 is 4.52 Å². The largest absolute Gasteiger partial charge is 0.339 e. The molecule has 0 bridgehead atoms. The third-order valence-electron chi connectivity index (χ3n) is 1.31. The number of rotatable bonds is 5. The molecule has 0 fully saturated rings. The number of halogens is 1. The highest BCUT2D eigenvalue weighted by atomic mass is 35.5. The first-order valence-corrected chi connectivity index (χ1v) is 5.66. The van der Waals surface area contributed by atoms with Gasteiger partial charge in [0.05, 0.1) is 5.75 Å². The van der Waals surface area contributed by atoms with Crippen LogP contribution in [-0.2, 0) is 12.2 Å². The highest BCUT2D eigenvalue weighted by molar-refractivity contribution is 7.97. The fraction of sp³-hybridized carbons (Fsp3) is 0.714. The topological polar surface area (TPSA) is 38.9 Å². The second-order valence-electron chi connectivity index (χ2n) is 2.33. The van der Waals surface area contributed by atoms with E-state index in [1.807, 2.05) is 6.26 Å². The average Bonchev–Trinajstić information content (AvgIpc) is 2.50. The van der Waals surface area contributed by atoms with Crippen molar-refractivity contribution < 1.29 is 4.52 Å². The van der Waals surface area contributed by atoms with Crippen LogP contribution in [-0.4, -0.2) is 22.3 Å². The lowest BCUT2D eigenvalue weighted by molar-refractivity contribution is 0.373. The summed E-state index contributed by atoms with van der Waals surface area (Å²) < 4.78 is 4.99. The molecular weight excluding hydrogens is 196 g/mol. The van der Waals surface area contributed by atoms with Gasteiger partial charge in [-0.25, -0.2) is 0 Å². The predicted octanol–water partition coefficient (Wildman–Crippen LogP) is 2.10. The second kappa shape index (κ2) is 5.43. The fourth-order valence-corrected chi connectivity index (χ4v) is 1.31. The Bertz CT molecular complexity index is 229. The van der Waals surface area contributed by atoms with Crippen molar-refractivity contribution in [3.05, 3.63) is 11.7 Å². The Morgan fingerprint density at radius 3 is 3.08 bits per heavy atom. The van der Waals surface area contributed by atoms with Crippen molar-refractivity contribution in [1.82, 2.24) is 10.1 Å². The normalized spacial score (nSPS) is 10.5. The van der Waals surface area contributed by atoms with E-state index in [1.165, 1.54) is 0 Å². The lowest BCUT2D eigenvalue weighted by atomic mass is 10.3. The van der Waals surface area contributed by atoms with E-state index in [0.717, 1.165) is 24.4 Å². The van der Waals surface area contributed by atoms with Crippen molar-refractivity contribution in [3.8, 4) is 0 Å². The standard InChI is InChI=1S/C7H11ClN2OS/c1-12-5-6-9-7(11-10-6)3-2-4-8/h2-5H2,1H3. The molecule has 0 spiro atoms. The first kappa shape index (κ1) is 9.86. The Morgan fingerprint density at radius 2 is 2.42 bits per heavy atom. The summed E-state index contributed by atoms with van der Waals surface area (Å²) in [6.45, 7) is 0. The highest BCUT2D eigenvalue weighted by Gasteiger charge is 2.03. The van der Waals surface area contributed by atoms with Crippen molar-refractivity contribution >= 4 is 23.4 Å². The second-order valence-corrected chi connectivity index (χ2v) is 3.57. The molecule has 0 N–H and O–H groups in total. The number of hydrogen-bond acceptors (Lipinski definition) is 4. The van der Waals surface area contributed by atoms with Gasteiger partial charge in [0.1, 0.15) is 0 Å². The van der Waals surface area contributed by atoms with Crippen LogP contribution < -0.4 is 0 Å². The van der Waals surface area contributed by atoms with Gasteiger partial charge in [0.15, 0.2) is 5.82 Å². The Kier molecular flexibility index (Phi) is 4.46. The highest BCUT2D eigenvalue weighted by Crippen LogP contribution is 2.06. The zero-order chi connectivity index (χ0) is 8.81. The molecule has 0 aromatic carbocycles. The molecule has 0 aliphatic rings. The van der Waals surface area contributed by atoms with E-state index in [4.69, 9.17) is 16.1 Å². The maximum absolute atomic E-state index is 5.53. The minimum atomic E-state index is 0.639.